The number of nitrogens with zero attached hydrogens (tertiary/aromatic N) is 1. The van der Waals surface area contributed by atoms with Crippen molar-refractivity contribution >= 4 is 17.6 Å². The molecular formula is C15H22N2O4. The van der Waals surface area contributed by atoms with Crippen LogP contribution in [-0.2, 0) is 9.53 Å². The van der Waals surface area contributed by atoms with E-state index >= 15 is 0 Å². The van der Waals surface area contributed by atoms with Crippen LogP contribution in [0.25, 0.3) is 0 Å². The third-order valence-corrected chi connectivity index (χ3v) is 3.01. The number of hydrogen-bond acceptors (Lipinski definition) is 5. The summed E-state index contributed by atoms with van der Waals surface area (Å²) in [4.78, 5) is 25.0. The molecule has 0 fully saturated rings. The number of carbonyl (C=O) groups excluding carboxylic acids is 2. The minimum Gasteiger partial charge on any atom is -0.491 e. The number of anilines is 1. The first kappa shape index (κ1) is 16.8. The summed E-state index contributed by atoms with van der Waals surface area (Å²) in [7, 11) is 3.02. The van der Waals surface area contributed by atoms with Crippen LogP contribution >= 0.6 is 0 Å². The van der Waals surface area contributed by atoms with Gasteiger partial charge in [0.1, 0.15) is 0 Å². The lowest BCUT2D eigenvalue weighted by Crippen LogP contribution is -2.28. The highest BCUT2D eigenvalue weighted by Gasteiger charge is 2.18. The standard InChI is InChI=1S/C15H22N2O4/c1-4-21-14-11(7-5-8-12(14)16)15(19)17(2)10-6-9-13(18)20-3/h5,7-8H,4,6,9-10,16H2,1-3H3. The van der Waals surface area contributed by atoms with Crippen LogP contribution in [0.1, 0.15) is 30.1 Å². The second kappa shape index (κ2) is 8.14. The van der Waals surface area contributed by atoms with E-state index in [1.54, 1.807) is 30.1 Å². The average molecular weight is 294 g/mol. The van der Waals surface area contributed by atoms with E-state index in [2.05, 4.69) is 4.74 Å². The van der Waals surface area contributed by atoms with E-state index in [1.807, 2.05) is 6.92 Å². The van der Waals surface area contributed by atoms with Crippen LogP contribution in [0.5, 0.6) is 5.75 Å². The number of benzene rings is 1. The van der Waals surface area contributed by atoms with Gasteiger partial charge in [-0.15, -0.1) is 0 Å². The molecule has 0 bridgehead atoms. The summed E-state index contributed by atoms with van der Waals surface area (Å²) in [5.74, 6) is -0.0600. The average Bonchev–Trinajstić information content (AvgIpc) is 2.48. The molecule has 1 rings (SSSR count). The number of hydrogen-bond donors (Lipinski definition) is 1. The van der Waals surface area contributed by atoms with E-state index in [-0.39, 0.29) is 18.3 Å². The van der Waals surface area contributed by atoms with E-state index in [0.717, 1.165) is 0 Å². The lowest BCUT2D eigenvalue weighted by molar-refractivity contribution is -0.140. The molecule has 0 unspecified atom stereocenters. The van der Waals surface area contributed by atoms with Crippen molar-refractivity contribution in [3.05, 3.63) is 23.8 Å². The fraction of sp³-hybridized carbons (Fsp3) is 0.467. The van der Waals surface area contributed by atoms with Crippen molar-refractivity contribution in [1.82, 2.24) is 4.90 Å². The Hall–Kier alpha value is -2.24. The third kappa shape index (κ3) is 4.66. The normalized spacial score (nSPS) is 10.0. The second-order valence-corrected chi connectivity index (χ2v) is 4.56. The molecule has 0 heterocycles. The first-order chi connectivity index (χ1) is 10.0. The SMILES string of the molecule is CCOc1c(N)cccc1C(=O)N(C)CCCC(=O)OC. The molecule has 0 spiro atoms. The Balaban J connectivity index is 2.74. The van der Waals surface area contributed by atoms with Gasteiger partial charge < -0.3 is 20.1 Å². The van der Waals surface area contributed by atoms with Crippen molar-refractivity contribution in [2.75, 3.05) is 33.0 Å². The van der Waals surface area contributed by atoms with Crippen molar-refractivity contribution in [3.63, 3.8) is 0 Å². The topological polar surface area (TPSA) is 81.9 Å². The molecule has 2 N–H and O–H groups in total. The zero-order valence-corrected chi connectivity index (χ0v) is 12.7. The number of amides is 1. The Morgan fingerprint density at radius 2 is 2.05 bits per heavy atom. The largest absolute Gasteiger partial charge is 0.491 e. The molecule has 0 radical (unpaired) electrons. The van der Waals surface area contributed by atoms with Crippen LogP contribution in [-0.4, -0.2) is 44.1 Å². The fourth-order valence-corrected chi connectivity index (χ4v) is 1.90. The summed E-state index contributed by atoms with van der Waals surface area (Å²) in [6.45, 7) is 2.72. The Labute approximate surface area is 124 Å². The Kier molecular flexibility index (Phi) is 6.52. The summed E-state index contributed by atoms with van der Waals surface area (Å²) >= 11 is 0. The van der Waals surface area contributed by atoms with Crippen LogP contribution in [0.4, 0.5) is 5.69 Å². The number of esters is 1. The number of nitrogen functional groups attached to an aromatic ring is 1. The summed E-state index contributed by atoms with van der Waals surface area (Å²) in [6, 6.07) is 5.09. The summed E-state index contributed by atoms with van der Waals surface area (Å²) in [5.41, 5.74) is 6.71. The van der Waals surface area contributed by atoms with Crippen LogP contribution in [0.2, 0.25) is 0 Å². The molecule has 1 amide bonds. The maximum atomic E-state index is 12.4. The predicted octanol–water partition coefficient (Wildman–Crippen LogP) is 1.69. The molecule has 0 saturated heterocycles. The predicted molar refractivity (Wildman–Crippen MR) is 80.2 cm³/mol. The lowest BCUT2D eigenvalue weighted by Gasteiger charge is -2.19. The lowest BCUT2D eigenvalue weighted by atomic mass is 10.1. The molecule has 0 aromatic heterocycles. The highest BCUT2D eigenvalue weighted by Crippen LogP contribution is 2.27. The molecule has 0 saturated carbocycles. The second-order valence-electron chi connectivity index (χ2n) is 4.56. The quantitative estimate of drug-likeness (QED) is 0.611. The number of para-hydroxylation sites is 1. The smallest absolute Gasteiger partial charge is 0.305 e. The molecule has 0 aliphatic carbocycles. The van der Waals surface area contributed by atoms with Crippen LogP contribution < -0.4 is 10.5 Å². The molecule has 1 aromatic carbocycles. The molecule has 116 valence electrons. The van der Waals surface area contributed by atoms with Crippen LogP contribution in [0.15, 0.2) is 18.2 Å². The Morgan fingerprint density at radius 3 is 2.67 bits per heavy atom. The zero-order valence-electron chi connectivity index (χ0n) is 12.7. The van der Waals surface area contributed by atoms with Crippen LogP contribution in [0, 0.1) is 0 Å². The Morgan fingerprint density at radius 1 is 1.33 bits per heavy atom. The molecular weight excluding hydrogens is 272 g/mol. The third-order valence-electron chi connectivity index (χ3n) is 3.01. The molecule has 0 atom stereocenters. The van der Waals surface area contributed by atoms with E-state index in [4.69, 9.17) is 10.5 Å². The van der Waals surface area contributed by atoms with E-state index in [9.17, 15) is 9.59 Å². The first-order valence-corrected chi connectivity index (χ1v) is 6.84. The van der Waals surface area contributed by atoms with Gasteiger partial charge in [0.05, 0.1) is 25.0 Å². The highest BCUT2D eigenvalue weighted by molar-refractivity contribution is 5.98. The molecule has 6 nitrogen and oxygen atoms in total. The van der Waals surface area contributed by atoms with Crippen molar-refractivity contribution in [2.24, 2.45) is 0 Å². The highest BCUT2D eigenvalue weighted by atomic mass is 16.5. The summed E-state index contributed by atoms with van der Waals surface area (Å²) in [6.07, 6.45) is 0.824. The van der Waals surface area contributed by atoms with Gasteiger partial charge in [0.15, 0.2) is 5.75 Å². The maximum Gasteiger partial charge on any atom is 0.305 e. The van der Waals surface area contributed by atoms with E-state index in [0.29, 0.717) is 36.6 Å². The number of rotatable bonds is 7. The van der Waals surface area contributed by atoms with Crippen molar-refractivity contribution in [3.8, 4) is 5.75 Å². The molecule has 21 heavy (non-hydrogen) atoms. The fourth-order valence-electron chi connectivity index (χ4n) is 1.90. The zero-order chi connectivity index (χ0) is 15.8. The monoisotopic (exact) mass is 294 g/mol. The first-order valence-electron chi connectivity index (χ1n) is 6.84. The van der Waals surface area contributed by atoms with Crippen molar-refractivity contribution in [2.45, 2.75) is 19.8 Å². The number of ether oxygens (including phenoxy) is 2. The number of methoxy groups -OCH3 is 1. The van der Waals surface area contributed by atoms with Gasteiger partial charge in [-0.2, -0.15) is 0 Å². The van der Waals surface area contributed by atoms with Crippen molar-refractivity contribution < 1.29 is 19.1 Å². The molecule has 0 aliphatic rings. The maximum absolute atomic E-state index is 12.4. The molecule has 6 heteroatoms. The van der Waals surface area contributed by atoms with Gasteiger partial charge in [-0.3, -0.25) is 9.59 Å². The van der Waals surface area contributed by atoms with E-state index < -0.39 is 0 Å². The van der Waals surface area contributed by atoms with Gasteiger partial charge >= 0.3 is 5.97 Å². The van der Waals surface area contributed by atoms with Gasteiger partial charge in [0.2, 0.25) is 0 Å². The summed E-state index contributed by atoms with van der Waals surface area (Å²) in [5, 5.41) is 0. The van der Waals surface area contributed by atoms with E-state index in [1.165, 1.54) is 7.11 Å². The minimum absolute atomic E-state index is 0.185. The van der Waals surface area contributed by atoms with Crippen molar-refractivity contribution in [1.29, 1.82) is 0 Å². The van der Waals surface area contributed by atoms with Gasteiger partial charge in [-0.25, -0.2) is 0 Å². The van der Waals surface area contributed by atoms with Gasteiger partial charge in [-0.05, 0) is 25.5 Å². The summed E-state index contributed by atoms with van der Waals surface area (Å²) < 4.78 is 10.0. The van der Waals surface area contributed by atoms with Crippen LogP contribution in [0.3, 0.4) is 0 Å². The molecule has 1 aromatic rings. The number of carbonyl (C=O) groups is 2. The van der Waals surface area contributed by atoms with Gasteiger partial charge in [-0.1, -0.05) is 6.07 Å². The Bertz CT molecular complexity index is 502. The number of nitrogens with two attached hydrogens (primary N) is 1. The molecule has 0 aliphatic heterocycles. The minimum atomic E-state index is -0.283. The van der Waals surface area contributed by atoms with Gasteiger partial charge in [0, 0.05) is 20.0 Å². The van der Waals surface area contributed by atoms with Gasteiger partial charge in [0.25, 0.3) is 5.91 Å².